The molecular weight excluding hydrogens is 250 g/mol. The van der Waals surface area contributed by atoms with E-state index in [0.29, 0.717) is 5.92 Å². The lowest BCUT2D eigenvalue weighted by atomic mass is 9.81. The molecule has 3 heteroatoms. The fraction of sp³-hybridized carbons (Fsp3) is 0.625. The van der Waals surface area contributed by atoms with Gasteiger partial charge >= 0.3 is 0 Å². The summed E-state index contributed by atoms with van der Waals surface area (Å²) in [4.78, 5) is 0. The maximum absolute atomic E-state index is 6.41. The van der Waals surface area contributed by atoms with Crippen LogP contribution in [0.25, 0.3) is 0 Å². The number of rotatable bonds is 4. The van der Waals surface area contributed by atoms with Crippen LogP contribution in [0, 0.1) is 5.92 Å². The molecule has 1 aromatic rings. The summed E-state index contributed by atoms with van der Waals surface area (Å²) in [6.07, 6.45) is 6.64. The topological polar surface area (TPSA) is 35.2 Å². The van der Waals surface area contributed by atoms with E-state index in [1.807, 2.05) is 0 Å². The standard InChI is InChI=1S/C16H27NOSi/c1-19(2,3)18-15-11-9-14(10-12-15)16(17)13-7-5-4-6-8-13/h9-13,16H,4-8,17H2,1-3H3/t16-/m1/s1. The van der Waals surface area contributed by atoms with Crippen LogP contribution in [0.5, 0.6) is 5.75 Å². The summed E-state index contributed by atoms with van der Waals surface area (Å²) in [6.45, 7) is 6.61. The largest absolute Gasteiger partial charge is 0.544 e. The Hall–Kier alpha value is -0.803. The maximum atomic E-state index is 6.41. The zero-order valence-electron chi connectivity index (χ0n) is 12.5. The number of hydrogen-bond donors (Lipinski definition) is 1. The molecule has 1 saturated carbocycles. The van der Waals surface area contributed by atoms with Crippen molar-refractivity contribution in [1.29, 1.82) is 0 Å². The van der Waals surface area contributed by atoms with Gasteiger partial charge in [0, 0.05) is 6.04 Å². The van der Waals surface area contributed by atoms with Crippen molar-refractivity contribution in [2.45, 2.75) is 57.8 Å². The molecule has 0 aromatic heterocycles. The Kier molecular flexibility index (Phi) is 4.69. The van der Waals surface area contributed by atoms with Crippen LogP contribution in [-0.2, 0) is 0 Å². The molecule has 2 nitrogen and oxygen atoms in total. The van der Waals surface area contributed by atoms with Crippen molar-refractivity contribution in [2.24, 2.45) is 11.7 Å². The molecule has 0 heterocycles. The van der Waals surface area contributed by atoms with Gasteiger partial charge < -0.3 is 10.2 Å². The van der Waals surface area contributed by atoms with Crippen molar-refractivity contribution < 1.29 is 4.43 Å². The first-order chi connectivity index (χ1) is 8.96. The van der Waals surface area contributed by atoms with Crippen molar-refractivity contribution in [3.8, 4) is 5.75 Å². The molecule has 0 amide bonds. The molecule has 19 heavy (non-hydrogen) atoms. The highest BCUT2D eigenvalue weighted by Crippen LogP contribution is 2.33. The van der Waals surface area contributed by atoms with Gasteiger partial charge in [-0.2, -0.15) is 0 Å². The van der Waals surface area contributed by atoms with E-state index in [4.69, 9.17) is 10.2 Å². The highest BCUT2D eigenvalue weighted by Gasteiger charge is 2.22. The summed E-state index contributed by atoms with van der Waals surface area (Å²) < 4.78 is 5.98. The average molecular weight is 277 g/mol. The molecule has 0 saturated heterocycles. The monoisotopic (exact) mass is 277 g/mol. The Morgan fingerprint density at radius 2 is 1.63 bits per heavy atom. The van der Waals surface area contributed by atoms with Crippen LogP contribution < -0.4 is 10.2 Å². The minimum Gasteiger partial charge on any atom is -0.544 e. The molecule has 0 radical (unpaired) electrons. The van der Waals surface area contributed by atoms with Crippen LogP contribution in [0.2, 0.25) is 19.6 Å². The van der Waals surface area contributed by atoms with Crippen molar-refractivity contribution in [1.82, 2.24) is 0 Å². The van der Waals surface area contributed by atoms with Gasteiger partial charge in [0.05, 0.1) is 0 Å². The lowest BCUT2D eigenvalue weighted by Crippen LogP contribution is -2.29. The fourth-order valence-electron chi connectivity index (χ4n) is 2.88. The molecule has 0 unspecified atom stereocenters. The van der Waals surface area contributed by atoms with Crippen molar-refractivity contribution in [3.63, 3.8) is 0 Å². The number of benzene rings is 1. The molecule has 1 fully saturated rings. The van der Waals surface area contributed by atoms with Crippen LogP contribution in [0.15, 0.2) is 24.3 Å². The van der Waals surface area contributed by atoms with Gasteiger partial charge in [-0.25, -0.2) is 0 Å². The van der Waals surface area contributed by atoms with Crippen LogP contribution >= 0.6 is 0 Å². The Morgan fingerprint density at radius 3 is 2.16 bits per heavy atom. The smallest absolute Gasteiger partial charge is 0.242 e. The lowest BCUT2D eigenvalue weighted by Gasteiger charge is -2.28. The van der Waals surface area contributed by atoms with E-state index in [9.17, 15) is 0 Å². The summed E-state index contributed by atoms with van der Waals surface area (Å²) in [5.74, 6) is 1.65. The van der Waals surface area contributed by atoms with Crippen molar-refractivity contribution in [3.05, 3.63) is 29.8 Å². The van der Waals surface area contributed by atoms with Crippen molar-refractivity contribution >= 4 is 8.32 Å². The molecule has 0 spiro atoms. The predicted molar refractivity (Wildman–Crippen MR) is 83.9 cm³/mol. The summed E-state index contributed by atoms with van der Waals surface area (Å²) in [7, 11) is -1.51. The van der Waals surface area contributed by atoms with E-state index in [2.05, 4.69) is 43.9 Å². The maximum Gasteiger partial charge on any atom is 0.242 e. The number of hydrogen-bond acceptors (Lipinski definition) is 2. The molecule has 1 aromatic carbocycles. The first kappa shape index (κ1) is 14.6. The zero-order valence-corrected chi connectivity index (χ0v) is 13.5. The van der Waals surface area contributed by atoms with E-state index in [0.717, 1.165) is 5.75 Å². The Labute approximate surface area is 118 Å². The van der Waals surface area contributed by atoms with E-state index < -0.39 is 8.32 Å². The fourth-order valence-corrected chi connectivity index (χ4v) is 3.72. The SMILES string of the molecule is C[Si](C)(C)Oc1ccc([C@H](N)C2CCCCC2)cc1. The second-order valence-electron chi connectivity index (χ2n) is 6.71. The molecule has 1 atom stereocenters. The van der Waals surface area contributed by atoms with E-state index in [1.54, 1.807) is 0 Å². The molecule has 2 rings (SSSR count). The third-order valence-corrected chi connectivity index (χ3v) is 4.69. The highest BCUT2D eigenvalue weighted by atomic mass is 28.4. The number of nitrogens with two attached hydrogens (primary N) is 1. The molecule has 2 N–H and O–H groups in total. The van der Waals surface area contributed by atoms with Crippen LogP contribution in [0.4, 0.5) is 0 Å². The second-order valence-corrected chi connectivity index (χ2v) is 11.1. The molecule has 0 bridgehead atoms. The highest BCUT2D eigenvalue weighted by molar-refractivity contribution is 6.70. The molecular formula is C16H27NOSi. The molecule has 0 aliphatic heterocycles. The molecule has 1 aliphatic rings. The predicted octanol–water partition coefficient (Wildman–Crippen LogP) is 4.48. The van der Waals surface area contributed by atoms with Gasteiger partial charge in [-0.1, -0.05) is 31.4 Å². The van der Waals surface area contributed by atoms with Gasteiger partial charge in [0.1, 0.15) is 5.75 Å². The Balaban J connectivity index is 2.01. The minimum absolute atomic E-state index is 0.196. The normalized spacial score (nSPS) is 19.2. The first-order valence-corrected chi connectivity index (χ1v) is 10.9. The zero-order chi connectivity index (χ0) is 13.9. The Bertz CT molecular complexity index is 390. The van der Waals surface area contributed by atoms with E-state index in [1.165, 1.54) is 37.7 Å². The third-order valence-electron chi connectivity index (χ3n) is 3.85. The summed E-state index contributed by atoms with van der Waals surface area (Å²) >= 11 is 0. The van der Waals surface area contributed by atoms with Crippen molar-refractivity contribution in [2.75, 3.05) is 0 Å². The quantitative estimate of drug-likeness (QED) is 0.824. The van der Waals surface area contributed by atoms with Gasteiger partial charge in [-0.05, 0) is 56.1 Å². The van der Waals surface area contributed by atoms with Gasteiger partial charge in [0.25, 0.3) is 0 Å². The molecule has 106 valence electrons. The second kappa shape index (κ2) is 6.10. The van der Waals surface area contributed by atoms with Gasteiger partial charge in [-0.15, -0.1) is 0 Å². The summed E-state index contributed by atoms with van der Waals surface area (Å²) in [5, 5.41) is 0. The van der Waals surface area contributed by atoms with Gasteiger partial charge in [0.15, 0.2) is 0 Å². The molecule has 1 aliphatic carbocycles. The van der Waals surface area contributed by atoms with E-state index in [-0.39, 0.29) is 6.04 Å². The summed E-state index contributed by atoms with van der Waals surface area (Å²) in [6, 6.07) is 8.65. The average Bonchev–Trinajstić information content (AvgIpc) is 2.38. The van der Waals surface area contributed by atoms with Crippen LogP contribution in [-0.4, -0.2) is 8.32 Å². The Morgan fingerprint density at radius 1 is 1.05 bits per heavy atom. The summed E-state index contributed by atoms with van der Waals surface area (Å²) in [5.41, 5.74) is 7.67. The minimum atomic E-state index is -1.51. The van der Waals surface area contributed by atoms with Crippen LogP contribution in [0.1, 0.15) is 43.7 Å². The third kappa shape index (κ3) is 4.36. The van der Waals surface area contributed by atoms with Gasteiger partial charge in [-0.3, -0.25) is 0 Å². The lowest BCUT2D eigenvalue weighted by molar-refractivity contribution is 0.308. The first-order valence-electron chi connectivity index (χ1n) is 7.50. The van der Waals surface area contributed by atoms with Gasteiger partial charge in [0.2, 0.25) is 8.32 Å². The van der Waals surface area contributed by atoms with E-state index >= 15 is 0 Å². The van der Waals surface area contributed by atoms with Crippen LogP contribution in [0.3, 0.4) is 0 Å².